The molecule has 0 bridgehead atoms. The summed E-state index contributed by atoms with van der Waals surface area (Å²) < 4.78 is 0. The molecule has 2 aromatic carbocycles. The molecule has 0 fully saturated rings. The third kappa shape index (κ3) is 3.93. The van der Waals surface area contributed by atoms with E-state index < -0.39 is 0 Å². The van der Waals surface area contributed by atoms with Gasteiger partial charge >= 0.3 is 0 Å². The lowest BCUT2D eigenvalue weighted by Gasteiger charge is -2.13. The highest BCUT2D eigenvalue weighted by molar-refractivity contribution is 6.44. The first kappa shape index (κ1) is 20.0. The van der Waals surface area contributed by atoms with Crippen LogP contribution in [0.15, 0.2) is 36.4 Å². The first-order valence-corrected chi connectivity index (χ1v) is 9.49. The van der Waals surface area contributed by atoms with Crippen LogP contribution < -0.4 is 0 Å². The van der Waals surface area contributed by atoms with Gasteiger partial charge in [0, 0.05) is 16.7 Å². The Morgan fingerprint density at radius 2 is 1.12 bits per heavy atom. The molecule has 0 aliphatic rings. The van der Waals surface area contributed by atoms with Gasteiger partial charge < -0.3 is 5.11 Å². The molecule has 8 heteroatoms. The molecule has 3 aromatic rings. The Kier molecular flexibility index (Phi) is 6.25. The molecule has 0 spiro atoms. The maximum absolute atomic E-state index is 9.79. The Balaban J connectivity index is 2.16. The van der Waals surface area contributed by atoms with Crippen LogP contribution in [0.25, 0.3) is 22.4 Å². The first-order valence-electron chi connectivity index (χ1n) is 7.22. The van der Waals surface area contributed by atoms with Crippen molar-refractivity contribution >= 4 is 69.6 Å². The molecule has 3 rings (SSSR count). The second kappa shape index (κ2) is 8.12. The fourth-order valence-electron chi connectivity index (χ4n) is 2.46. The van der Waals surface area contributed by atoms with E-state index in [1.54, 1.807) is 36.4 Å². The summed E-state index contributed by atoms with van der Waals surface area (Å²) >= 11 is 36.6. The minimum atomic E-state index is -0.307. The number of rotatable bonds is 3. The molecule has 1 aromatic heterocycles. The largest absolute Gasteiger partial charge is 0.390 e. The summed E-state index contributed by atoms with van der Waals surface area (Å²) in [6, 6.07) is 9.88. The average Bonchev–Trinajstić information content (AvgIpc) is 2.61. The number of hydrogen-bond donors (Lipinski definition) is 1. The molecule has 0 atom stereocenters. The lowest BCUT2D eigenvalue weighted by Crippen LogP contribution is -1.97. The second-order valence-corrected chi connectivity index (χ2v) is 7.78. The molecule has 2 nitrogen and oxygen atoms in total. The van der Waals surface area contributed by atoms with Gasteiger partial charge in [0.15, 0.2) is 0 Å². The van der Waals surface area contributed by atoms with Crippen LogP contribution >= 0.6 is 69.6 Å². The molecular weight excluding hydrogens is 459 g/mol. The van der Waals surface area contributed by atoms with Gasteiger partial charge in [0.25, 0.3) is 0 Å². The third-order valence-electron chi connectivity index (χ3n) is 3.71. The quantitative estimate of drug-likeness (QED) is 0.398. The minimum Gasteiger partial charge on any atom is -0.390 e. The predicted octanol–water partition coefficient (Wildman–Crippen LogP) is 7.83. The third-order valence-corrected chi connectivity index (χ3v) is 5.78. The van der Waals surface area contributed by atoms with Crippen molar-refractivity contribution in [1.82, 2.24) is 4.98 Å². The molecular formula is C18H9Cl6NO. The zero-order valence-electron chi connectivity index (χ0n) is 12.8. The molecule has 1 N–H and O–H groups in total. The topological polar surface area (TPSA) is 33.1 Å². The van der Waals surface area contributed by atoms with Crippen molar-refractivity contribution in [2.24, 2.45) is 0 Å². The monoisotopic (exact) mass is 465 g/mol. The van der Waals surface area contributed by atoms with Crippen LogP contribution in [0.4, 0.5) is 0 Å². The fourth-order valence-corrected chi connectivity index (χ4v) is 3.76. The number of aliphatic hydroxyl groups is 1. The number of pyridine rings is 1. The lowest BCUT2D eigenvalue weighted by atomic mass is 10.0. The van der Waals surface area contributed by atoms with Crippen LogP contribution in [0.3, 0.4) is 0 Å². The molecule has 0 aliphatic heterocycles. The number of hydrogen-bond acceptors (Lipinski definition) is 2. The number of aliphatic hydroxyl groups excluding tert-OH is 1. The highest BCUT2D eigenvalue weighted by Gasteiger charge is 2.16. The summed E-state index contributed by atoms with van der Waals surface area (Å²) in [5, 5.41) is 12.0. The number of halogens is 6. The number of aromatic nitrogens is 1. The van der Waals surface area contributed by atoms with Gasteiger partial charge in [-0.05, 0) is 30.3 Å². The Morgan fingerprint density at radius 1 is 0.615 bits per heavy atom. The van der Waals surface area contributed by atoms with Crippen LogP contribution in [0.5, 0.6) is 0 Å². The van der Waals surface area contributed by atoms with Crippen molar-refractivity contribution < 1.29 is 5.11 Å². The molecule has 1 heterocycles. The van der Waals surface area contributed by atoms with Crippen LogP contribution in [0.2, 0.25) is 30.1 Å². The van der Waals surface area contributed by atoms with E-state index in [0.717, 1.165) is 0 Å². The van der Waals surface area contributed by atoms with Crippen molar-refractivity contribution in [3.8, 4) is 22.4 Å². The Bertz CT molecular complexity index is 1010. The van der Waals surface area contributed by atoms with E-state index in [9.17, 15) is 5.11 Å². The summed E-state index contributed by atoms with van der Waals surface area (Å²) in [5.74, 6) is 0. The maximum Gasteiger partial charge on any atom is 0.0859 e. The SMILES string of the molecule is OCc1nc(-c2cc(Cl)c(Cl)cc2Cl)ccc1-c1cc(Cl)c(Cl)cc1Cl. The van der Waals surface area contributed by atoms with E-state index in [1.807, 2.05) is 0 Å². The molecule has 0 saturated carbocycles. The van der Waals surface area contributed by atoms with Gasteiger partial charge in [0.1, 0.15) is 0 Å². The van der Waals surface area contributed by atoms with Crippen LogP contribution in [-0.4, -0.2) is 10.1 Å². The maximum atomic E-state index is 9.79. The normalized spacial score (nSPS) is 11.0. The van der Waals surface area contributed by atoms with Crippen molar-refractivity contribution in [3.05, 3.63) is 72.2 Å². The van der Waals surface area contributed by atoms with Crippen molar-refractivity contribution in [2.45, 2.75) is 6.61 Å². The molecule has 0 aliphatic carbocycles. The van der Waals surface area contributed by atoms with Gasteiger partial charge in [-0.3, -0.25) is 0 Å². The lowest BCUT2D eigenvalue weighted by molar-refractivity contribution is 0.277. The molecule has 0 unspecified atom stereocenters. The first-order chi connectivity index (χ1) is 12.3. The molecule has 0 radical (unpaired) electrons. The second-order valence-electron chi connectivity index (χ2n) is 5.34. The summed E-state index contributed by atoms with van der Waals surface area (Å²) in [6.07, 6.45) is 0. The van der Waals surface area contributed by atoms with Crippen LogP contribution in [0.1, 0.15) is 5.69 Å². The zero-order chi connectivity index (χ0) is 19.0. The van der Waals surface area contributed by atoms with Gasteiger partial charge in [-0.1, -0.05) is 75.7 Å². The summed E-state index contributed by atoms with van der Waals surface area (Å²) in [7, 11) is 0. The standard InChI is InChI=1S/C18H9Cl6NO/c19-11-5-15(23)13(21)3-9(11)8-1-2-17(25-18(8)7-26)10-4-14(22)16(24)6-12(10)20/h1-6,26H,7H2. The van der Waals surface area contributed by atoms with Crippen LogP contribution in [-0.2, 0) is 6.61 Å². The smallest absolute Gasteiger partial charge is 0.0859 e. The van der Waals surface area contributed by atoms with E-state index in [1.165, 1.54) is 0 Å². The van der Waals surface area contributed by atoms with Gasteiger partial charge in [0.05, 0.1) is 48.1 Å². The van der Waals surface area contributed by atoms with Gasteiger partial charge in [-0.15, -0.1) is 0 Å². The Morgan fingerprint density at radius 3 is 1.69 bits per heavy atom. The Hall–Kier alpha value is -0.710. The van der Waals surface area contributed by atoms with Crippen LogP contribution in [0, 0.1) is 0 Å². The van der Waals surface area contributed by atoms with E-state index in [-0.39, 0.29) is 6.61 Å². The summed E-state index contributed by atoms with van der Waals surface area (Å²) in [6.45, 7) is -0.307. The van der Waals surface area contributed by atoms with E-state index in [4.69, 9.17) is 69.6 Å². The summed E-state index contributed by atoms with van der Waals surface area (Å²) in [5.41, 5.74) is 2.80. The molecule has 0 amide bonds. The number of nitrogens with zero attached hydrogens (tertiary/aromatic N) is 1. The van der Waals surface area contributed by atoms with Gasteiger partial charge in [-0.25, -0.2) is 4.98 Å². The van der Waals surface area contributed by atoms with Crippen molar-refractivity contribution in [3.63, 3.8) is 0 Å². The van der Waals surface area contributed by atoms with E-state index >= 15 is 0 Å². The predicted molar refractivity (Wildman–Crippen MR) is 111 cm³/mol. The van der Waals surface area contributed by atoms with Gasteiger partial charge in [0.2, 0.25) is 0 Å². The Labute approximate surface area is 180 Å². The van der Waals surface area contributed by atoms with Crippen molar-refractivity contribution in [2.75, 3.05) is 0 Å². The fraction of sp³-hybridized carbons (Fsp3) is 0.0556. The van der Waals surface area contributed by atoms with E-state index in [2.05, 4.69) is 4.98 Å². The highest BCUT2D eigenvalue weighted by Crippen LogP contribution is 2.39. The molecule has 26 heavy (non-hydrogen) atoms. The summed E-state index contributed by atoms with van der Waals surface area (Å²) in [4.78, 5) is 4.49. The average molecular weight is 468 g/mol. The zero-order valence-corrected chi connectivity index (χ0v) is 17.4. The van der Waals surface area contributed by atoms with Gasteiger partial charge in [-0.2, -0.15) is 0 Å². The molecule has 0 saturated heterocycles. The number of benzene rings is 2. The minimum absolute atomic E-state index is 0.307. The molecule has 134 valence electrons. The van der Waals surface area contributed by atoms with E-state index in [0.29, 0.717) is 58.2 Å². The van der Waals surface area contributed by atoms with Crippen molar-refractivity contribution in [1.29, 1.82) is 0 Å². The highest BCUT2D eigenvalue weighted by atomic mass is 35.5.